The average Bonchev–Trinajstić information content (AvgIpc) is 2.57. The molecular formula is C19H23N3O. The molecule has 2 aromatic carbocycles. The summed E-state index contributed by atoms with van der Waals surface area (Å²) in [6.45, 7) is 5.47. The number of hydrogen-bond acceptors (Lipinski definition) is 3. The molecule has 0 saturated carbocycles. The minimum absolute atomic E-state index is 0.194. The summed E-state index contributed by atoms with van der Waals surface area (Å²) in [6, 6.07) is 16.0. The molecule has 0 radical (unpaired) electrons. The summed E-state index contributed by atoms with van der Waals surface area (Å²) < 4.78 is 0. The zero-order valence-corrected chi connectivity index (χ0v) is 13.5. The van der Waals surface area contributed by atoms with Crippen molar-refractivity contribution in [2.75, 3.05) is 36.8 Å². The van der Waals surface area contributed by atoms with Gasteiger partial charge in [-0.05, 0) is 36.2 Å². The molecule has 1 saturated heterocycles. The number of hydrogen-bond donors (Lipinski definition) is 1. The monoisotopic (exact) mass is 309 g/mol. The van der Waals surface area contributed by atoms with Crippen LogP contribution in [-0.4, -0.2) is 37.0 Å². The van der Waals surface area contributed by atoms with E-state index in [2.05, 4.69) is 36.1 Å². The zero-order chi connectivity index (χ0) is 16.2. The Morgan fingerprint density at radius 3 is 2.30 bits per heavy atom. The van der Waals surface area contributed by atoms with Gasteiger partial charge >= 0.3 is 0 Å². The molecule has 2 N–H and O–H groups in total. The second kappa shape index (κ2) is 6.73. The summed E-state index contributed by atoms with van der Waals surface area (Å²) in [7, 11) is 0. The highest BCUT2D eigenvalue weighted by molar-refractivity contribution is 5.79. The van der Waals surface area contributed by atoms with Gasteiger partial charge in [0.2, 0.25) is 5.91 Å². The molecule has 120 valence electrons. The fourth-order valence-corrected chi connectivity index (χ4v) is 3.04. The molecule has 23 heavy (non-hydrogen) atoms. The van der Waals surface area contributed by atoms with Crippen LogP contribution in [0.4, 0.5) is 11.4 Å². The van der Waals surface area contributed by atoms with Crippen LogP contribution in [0.15, 0.2) is 48.5 Å². The van der Waals surface area contributed by atoms with Crippen LogP contribution in [0.3, 0.4) is 0 Å². The Bertz CT molecular complexity index is 673. The Kier molecular flexibility index (Phi) is 4.51. The molecule has 1 aliphatic rings. The van der Waals surface area contributed by atoms with E-state index < -0.39 is 0 Å². The van der Waals surface area contributed by atoms with Gasteiger partial charge in [-0.15, -0.1) is 0 Å². The summed E-state index contributed by atoms with van der Waals surface area (Å²) in [4.78, 5) is 16.8. The van der Waals surface area contributed by atoms with Gasteiger partial charge in [0.1, 0.15) is 0 Å². The lowest BCUT2D eigenvalue weighted by Crippen LogP contribution is -2.49. The predicted octanol–water partition coefficient (Wildman–Crippen LogP) is 2.47. The molecule has 0 aliphatic carbocycles. The molecule has 0 atom stereocenters. The highest BCUT2D eigenvalue weighted by atomic mass is 16.2. The molecule has 3 rings (SSSR count). The Hall–Kier alpha value is -2.49. The van der Waals surface area contributed by atoms with Crippen molar-refractivity contribution in [3.63, 3.8) is 0 Å². The molecule has 1 amide bonds. The van der Waals surface area contributed by atoms with Crippen molar-refractivity contribution < 1.29 is 4.79 Å². The maximum atomic E-state index is 12.4. The third-order valence-electron chi connectivity index (χ3n) is 4.42. The number of anilines is 2. The van der Waals surface area contributed by atoms with Gasteiger partial charge in [0.15, 0.2) is 0 Å². The Morgan fingerprint density at radius 1 is 1.00 bits per heavy atom. The maximum Gasteiger partial charge on any atom is 0.227 e. The van der Waals surface area contributed by atoms with Gasteiger partial charge in [-0.25, -0.2) is 0 Å². The summed E-state index contributed by atoms with van der Waals surface area (Å²) >= 11 is 0. The summed E-state index contributed by atoms with van der Waals surface area (Å²) in [5.74, 6) is 0.194. The SMILES string of the molecule is Cc1ccccc1N1CCN(C(=O)Cc2ccc(N)cc2)CC1. The molecule has 1 fully saturated rings. The third kappa shape index (κ3) is 3.65. The lowest BCUT2D eigenvalue weighted by molar-refractivity contribution is -0.130. The Labute approximate surface area is 137 Å². The first-order chi connectivity index (χ1) is 11.1. The van der Waals surface area contributed by atoms with E-state index in [1.165, 1.54) is 11.3 Å². The number of benzene rings is 2. The lowest BCUT2D eigenvalue weighted by Gasteiger charge is -2.37. The quantitative estimate of drug-likeness (QED) is 0.886. The predicted molar refractivity (Wildman–Crippen MR) is 94.5 cm³/mol. The van der Waals surface area contributed by atoms with E-state index in [0.717, 1.165) is 37.4 Å². The van der Waals surface area contributed by atoms with E-state index in [-0.39, 0.29) is 5.91 Å². The first-order valence-electron chi connectivity index (χ1n) is 8.06. The van der Waals surface area contributed by atoms with Crippen molar-refractivity contribution in [2.45, 2.75) is 13.3 Å². The number of aryl methyl sites for hydroxylation is 1. The lowest BCUT2D eigenvalue weighted by atomic mass is 10.1. The number of rotatable bonds is 3. The Morgan fingerprint density at radius 2 is 1.65 bits per heavy atom. The van der Waals surface area contributed by atoms with Crippen LogP contribution in [0.2, 0.25) is 0 Å². The molecule has 0 bridgehead atoms. The molecule has 1 aliphatic heterocycles. The minimum Gasteiger partial charge on any atom is -0.399 e. The van der Waals surface area contributed by atoms with Crippen molar-refractivity contribution >= 4 is 17.3 Å². The van der Waals surface area contributed by atoms with Crippen LogP contribution >= 0.6 is 0 Å². The summed E-state index contributed by atoms with van der Waals surface area (Å²) in [5, 5.41) is 0. The normalized spacial score (nSPS) is 14.8. The van der Waals surface area contributed by atoms with Crippen molar-refractivity contribution in [3.8, 4) is 0 Å². The fourth-order valence-electron chi connectivity index (χ4n) is 3.04. The third-order valence-corrected chi connectivity index (χ3v) is 4.42. The highest BCUT2D eigenvalue weighted by Crippen LogP contribution is 2.21. The van der Waals surface area contributed by atoms with E-state index in [9.17, 15) is 4.79 Å². The van der Waals surface area contributed by atoms with Crippen LogP contribution in [0, 0.1) is 6.92 Å². The van der Waals surface area contributed by atoms with Gasteiger partial charge in [0.25, 0.3) is 0 Å². The number of nitrogens with two attached hydrogens (primary N) is 1. The molecule has 4 heteroatoms. The molecular weight excluding hydrogens is 286 g/mol. The first kappa shape index (κ1) is 15.4. The van der Waals surface area contributed by atoms with Gasteiger partial charge in [-0.1, -0.05) is 30.3 Å². The summed E-state index contributed by atoms with van der Waals surface area (Å²) in [5.41, 5.74) is 9.99. The largest absolute Gasteiger partial charge is 0.399 e. The number of nitrogens with zero attached hydrogens (tertiary/aromatic N) is 2. The standard InChI is InChI=1S/C19H23N3O/c1-15-4-2-3-5-18(15)21-10-12-22(13-11-21)19(23)14-16-6-8-17(20)9-7-16/h2-9H,10-14,20H2,1H3. The summed E-state index contributed by atoms with van der Waals surface area (Å²) in [6.07, 6.45) is 0.449. The number of piperazine rings is 1. The second-order valence-electron chi connectivity index (χ2n) is 6.07. The fraction of sp³-hybridized carbons (Fsp3) is 0.316. The minimum atomic E-state index is 0.194. The van der Waals surface area contributed by atoms with Crippen LogP contribution in [0.1, 0.15) is 11.1 Å². The van der Waals surface area contributed by atoms with Gasteiger partial charge in [0, 0.05) is 37.6 Å². The zero-order valence-electron chi connectivity index (χ0n) is 13.5. The van der Waals surface area contributed by atoms with Gasteiger partial charge in [-0.3, -0.25) is 4.79 Å². The van der Waals surface area contributed by atoms with Gasteiger partial charge in [0.05, 0.1) is 6.42 Å². The molecule has 2 aromatic rings. The average molecular weight is 309 g/mol. The van der Waals surface area contributed by atoms with Crippen LogP contribution < -0.4 is 10.6 Å². The van der Waals surface area contributed by atoms with Crippen LogP contribution in [0.25, 0.3) is 0 Å². The van der Waals surface area contributed by atoms with Crippen molar-refractivity contribution in [3.05, 3.63) is 59.7 Å². The van der Waals surface area contributed by atoms with Crippen molar-refractivity contribution in [2.24, 2.45) is 0 Å². The van der Waals surface area contributed by atoms with Crippen LogP contribution in [0.5, 0.6) is 0 Å². The van der Waals surface area contributed by atoms with Crippen molar-refractivity contribution in [1.82, 2.24) is 4.90 Å². The molecule has 0 aromatic heterocycles. The van der Waals surface area contributed by atoms with Gasteiger partial charge in [-0.2, -0.15) is 0 Å². The van der Waals surface area contributed by atoms with Crippen molar-refractivity contribution in [1.29, 1.82) is 0 Å². The van der Waals surface area contributed by atoms with E-state index in [1.54, 1.807) is 0 Å². The van der Waals surface area contributed by atoms with E-state index in [4.69, 9.17) is 5.73 Å². The van der Waals surface area contributed by atoms with E-state index in [0.29, 0.717) is 6.42 Å². The first-order valence-corrected chi connectivity index (χ1v) is 8.06. The van der Waals surface area contributed by atoms with Crippen LogP contribution in [-0.2, 0) is 11.2 Å². The number of carbonyl (C=O) groups excluding carboxylic acids is 1. The number of para-hydroxylation sites is 1. The molecule has 4 nitrogen and oxygen atoms in total. The number of amides is 1. The Balaban J connectivity index is 1.57. The highest BCUT2D eigenvalue weighted by Gasteiger charge is 2.21. The maximum absolute atomic E-state index is 12.4. The van der Waals surface area contributed by atoms with E-state index >= 15 is 0 Å². The molecule has 1 heterocycles. The number of nitrogen functional groups attached to an aromatic ring is 1. The smallest absolute Gasteiger partial charge is 0.227 e. The molecule has 0 unspecified atom stereocenters. The van der Waals surface area contributed by atoms with Gasteiger partial charge < -0.3 is 15.5 Å². The number of carbonyl (C=O) groups is 1. The second-order valence-corrected chi connectivity index (χ2v) is 6.07. The molecule has 0 spiro atoms. The topological polar surface area (TPSA) is 49.6 Å². The van der Waals surface area contributed by atoms with E-state index in [1.807, 2.05) is 29.2 Å².